The normalized spacial score (nSPS) is 12.8. The maximum absolute atomic E-state index is 10.5. The summed E-state index contributed by atoms with van der Waals surface area (Å²) in [5, 5.41) is 14.4. The van der Waals surface area contributed by atoms with Crippen LogP contribution in [0.25, 0.3) is 10.1 Å². The van der Waals surface area contributed by atoms with E-state index >= 15 is 0 Å². The Balaban J connectivity index is 1.91. The first-order valence-electron chi connectivity index (χ1n) is 6.54. The summed E-state index contributed by atoms with van der Waals surface area (Å²) in [4.78, 5) is 0. The highest BCUT2D eigenvalue weighted by molar-refractivity contribution is 7.17. The highest BCUT2D eigenvalue weighted by Crippen LogP contribution is 2.32. The highest BCUT2D eigenvalue weighted by atomic mass is 35.5. The molecule has 3 rings (SSSR count). The first kappa shape index (κ1) is 13.6. The van der Waals surface area contributed by atoms with E-state index in [1.807, 2.05) is 42.6 Å². The molecule has 1 aromatic heterocycles. The van der Waals surface area contributed by atoms with Crippen molar-refractivity contribution in [3.63, 3.8) is 0 Å². The predicted octanol–water partition coefficient (Wildman–Crippen LogP) is 5.14. The van der Waals surface area contributed by atoms with Gasteiger partial charge in [0.15, 0.2) is 0 Å². The molecule has 1 unspecified atom stereocenters. The number of fused-ring (bicyclic) bond motifs is 1. The standard InChI is InChI=1S/C17H15ClOS/c1-11-6-7-12(15(18)8-11)9-16(19)14-10-20-17-5-3-2-4-13(14)17/h2-8,10,16,19H,9H2,1H3. The van der Waals surface area contributed by atoms with Gasteiger partial charge >= 0.3 is 0 Å². The van der Waals surface area contributed by atoms with E-state index in [1.165, 1.54) is 4.70 Å². The minimum absolute atomic E-state index is 0.522. The molecule has 0 radical (unpaired) electrons. The molecule has 0 saturated carbocycles. The van der Waals surface area contributed by atoms with Crippen LogP contribution >= 0.6 is 22.9 Å². The lowest BCUT2D eigenvalue weighted by Gasteiger charge is -2.12. The van der Waals surface area contributed by atoms with Crippen LogP contribution in [0.5, 0.6) is 0 Å². The van der Waals surface area contributed by atoms with Gasteiger partial charge in [-0.3, -0.25) is 0 Å². The van der Waals surface area contributed by atoms with Crippen LogP contribution in [0.15, 0.2) is 47.8 Å². The molecular weight excluding hydrogens is 288 g/mol. The zero-order valence-electron chi connectivity index (χ0n) is 11.1. The first-order valence-corrected chi connectivity index (χ1v) is 7.80. The number of aliphatic hydroxyl groups is 1. The van der Waals surface area contributed by atoms with Gasteiger partial charge in [0, 0.05) is 16.1 Å². The molecule has 3 heteroatoms. The van der Waals surface area contributed by atoms with Crippen LogP contribution in [-0.2, 0) is 6.42 Å². The molecule has 1 heterocycles. The second kappa shape index (κ2) is 5.57. The van der Waals surface area contributed by atoms with E-state index in [4.69, 9.17) is 11.6 Å². The van der Waals surface area contributed by atoms with E-state index in [0.717, 1.165) is 27.1 Å². The van der Waals surface area contributed by atoms with Crippen LogP contribution < -0.4 is 0 Å². The zero-order valence-corrected chi connectivity index (χ0v) is 12.7. The number of halogens is 1. The van der Waals surface area contributed by atoms with Crippen molar-refractivity contribution in [1.29, 1.82) is 0 Å². The van der Waals surface area contributed by atoms with Crippen molar-refractivity contribution in [2.24, 2.45) is 0 Å². The van der Waals surface area contributed by atoms with Crippen molar-refractivity contribution in [2.75, 3.05) is 0 Å². The Labute approximate surface area is 127 Å². The molecule has 0 aliphatic heterocycles. The lowest BCUT2D eigenvalue weighted by atomic mass is 10.00. The molecule has 0 saturated heterocycles. The number of aryl methyl sites for hydroxylation is 1. The van der Waals surface area contributed by atoms with Gasteiger partial charge in [0.1, 0.15) is 0 Å². The SMILES string of the molecule is Cc1ccc(CC(O)c2csc3ccccc23)c(Cl)c1. The van der Waals surface area contributed by atoms with Crippen molar-refractivity contribution in [2.45, 2.75) is 19.4 Å². The van der Waals surface area contributed by atoms with Gasteiger partial charge in [-0.05, 0) is 46.5 Å². The molecule has 0 aliphatic carbocycles. The fourth-order valence-corrected chi connectivity index (χ4v) is 3.71. The predicted molar refractivity (Wildman–Crippen MR) is 86.7 cm³/mol. The molecular formula is C17H15ClOS. The average molecular weight is 303 g/mol. The van der Waals surface area contributed by atoms with E-state index in [-0.39, 0.29) is 0 Å². The summed E-state index contributed by atoms with van der Waals surface area (Å²) in [5.41, 5.74) is 3.11. The third kappa shape index (κ3) is 2.59. The van der Waals surface area contributed by atoms with E-state index in [0.29, 0.717) is 6.42 Å². The van der Waals surface area contributed by atoms with Gasteiger partial charge in [-0.2, -0.15) is 0 Å². The molecule has 0 spiro atoms. The second-order valence-electron chi connectivity index (χ2n) is 5.00. The second-order valence-corrected chi connectivity index (χ2v) is 6.32. The highest BCUT2D eigenvalue weighted by Gasteiger charge is 2.15. The van der Waals surface area contributed by atoms with E-state index < -0.39 is 6.10 Å². The molecule has 1 nitrogen and oxygen atoms in total. The quantitative estimate of drug-likeness (QED) is 0.710. The Hall–Kier alpha value is -1.35. The molecule has 0 amide bonds. The minimum atomic E-state index is -0.522. The molecule has 1 atom stereocenters. The summed E-state index contributed by atoms with van der Waals surface area (Å²) < 4.78 is 1.21. The van der Waals surface area contributed by atoms with Crippen LogP contribution in [0.1, 0.15) is 22.8 Å². The number of aliphatic hydroxyl groups excluding tert-OH is 1. The third-order valence-electron chi connectivity index (χ3n) is 3.49. The summed E-state index contributed by atoms with van der Waals surface area (Å²) in [6, 6.07) is 14.1. The number of hydrogen-bond donors (Lipinski definition) is 1. The van der Waals surface area contributed by atoms with Crippen LogP contribution in [-0.4, -0.2) is 5.11 Å². The topological polar surface area (TPSA) is 20.2 Å². The maximum atomic E-state index is 10.5. The monoisotopic (exact) mass is 302 g/mol. The maximum Gasteiger partial charge on any atom is 0.0844 e. The van der Waals surface area contributed by atoms with Gasteiger partial charge in [0.25, 0.3) is 0 Å². The van der Waals surface area contributed by atoms with Gasteiger partial charge < -0.3 is 5.11 Å². The Morgan fingerprint density at radius 3 is 2.80 bits per heavy atom. The van der Waals surface area contributed by atoms with Crippen molar-refractivity contribution in [3.8, 4) is 0 Å². The molecule has 1 N–H and O–H groups in total. The number of thiophene rings is 1. The summed E-state index contributed by atoms with van der Waals surface area (Å²) >= 11 is 7.91. The van der Waals surface area contributed by atoms with Crippen molar-refractivity contribution < 1.29 is 5.11 Å². The van der Waals surface area contributed by atoms with Crippen LogP contribution in [0.3, 0.4) is 0 Å². The number of rotatable bonds is 3. The zero-order chi connectivity index (χ0) is 14.1. The average Bonchev–Trinajstić information content (AvgIpc) is 2.86. The van der Waals surface area contributed by atoms with Crippen molar-refractivity contribution >= 4 is 33.0 Å². The number of hydrogen-bond acceptors (Lipinski definition) is 2. The van der Waals surface area contributed by atoms with Crippen LogP contribution in [0.4, 0.5) is 0 Å². The van der Waals surface area contributed by atoms with Gasteiger partial charge in [0.2, 0.25) is 0 Å². The Morgan fingerprint density at radius 1 is 1.20 bits per heavy atom. The van der Waals surface area contributed by atoms with Gasteiger partial charge in [-0.15, -0.1) is 11.3 Å². The largest absolute Gasteiger partial charge is 0.388 e. The Kier molecular flexibility index (Phi) is 3.79. The Bertz CT molecular complexity index is 748. The Morgan fingerprint density at radius 2 is 2.00 bits per heavy atom. The molecule has 0 aliphatic rings. The molecule has 0 bridgehead atoms. The molecule has 102 valence electrons. The number of benzene rings is 2. The molecule has 0 fully saturated rings. The third-order valence-corrected chi connectivity index (χ3v) is 4.83. The lowest BCUT2D eigenvalue weighted by molar-refractivity contribution is 0.180. The minimum Gasteiger partial charge on any atom is -0.388 e. The first-order chi connectivity index (χ1) is 9.65. The summed E-state index contributed by atoms with van der Waals surface area (Å²) in [5.74, 6) is 0. The summed E-state index contributed by atoms with van der Waals surface area (Å²) in [7, 11) is 0. The molecule has 20 heavy (non-hydrogen) atoms. The van der Waals surface area contributed by atoms with Crippen LogP contribution in [0, 0.1) is 6.92 Å². The van der Waals surface area contributed by atoms with Gasteiger partial charge in [0.05, 0.1) is 6.10 Å². The van der Waals surface area contributed by atoms with E-state index in [2.05, 4.69) is 12.1 Å². The summed E-state index contributed by atoms with van der Waals surface area (Å²) in [6.45, 7) is 2.01. The van der Waals surface area contributed by atoms with Gasteiger partial charge in [-0.1, -0.05) is 41.9 Å². The smallest absolute Gasteiger partial charge is 0.0844 e. The fraction of sp³-hybridized carbons (Fsp3) is 0.176. The van der Waals surface area contributed by atoms with Crippen molar-refractivity contribution in [3.05, 3.63) is 69.6 Å². The fourth-order valence-electron chi connectivity index (χ4n) is 2.39. The van der Waals surface area contributed by atoms with Crippen LogP contribution in [0.2, 0.25) is 5.02 Å². The van der Waals surface area contributed by atoms with Crippen molar-refractivity contribution in [1.82, 2.24) is 0 Å². The lowest BCUT2D eigenvalue weighted by Crippen LogP contribution is -2.01. The molecule has 2 aromatic carbocycles. The summed E-state index contributed by atoms with van der Waals surface area (Å²) in [6.07, 6.45) is 0.0196. The van der Waals surface area contributed by atoms with E-state index in [1.54, 1.807) is 11.3 Å². The van der Waals surface area contributed by atoms with E-state index in [9.17, 15) is 5.11 Å². The molecule has 3 aromatic rings. The van der Waals surface area contributed by atoms with Gasteiger partial charge in [-0.25, -0.2) is 0 Å².